The number of rotatable bonds is 2. The maximum Gasteiger partial charge on any atom is 0.356 e. The summed E-state index contributed by atoms with van der Waals surface area (Å²) < 4.78 is 10.7. The fourth-order valence-electron chi connectivity index (χ4n) is 0.864. The van der Waals surface area contributed by atoms with Crippen LogP contribution in [0.3, 0.4) is 0 Å². The Kier molecular flexibility index (Phi) is 3.88. The van der Waals surface area contributed by atoms with E-state index in [0.717, 1.165) is 0 Å². The Labute approximate surface area is 97.9 Å². The molecule has 4 nitrogen and oxygen atoms in total. The average Bonchev–Trinajstić information content (AvgIpc) is 2.16. The SMILES string of the molecule is COC(=O)c1cc(Br)c(OC)c(Br)n1. The number of carbonyl (C=O) groups excluding carboxylic acids is 1. The number of pyridine rings is 1. The van der Waals surface area contributed by atoms with E-state index in [-0.39, 0.29) is 5.69 Å². The molecule has 1 aromatic rings. The van der Waals surface area contributed by atoms with Crippen LogP contribution in [0.2, 0.25) is 0 Å². The number of ether oxygens (including phenoxy) is 2. The van der Waals surface area contributed by atoms with Gasteiger partial charge < -0.3 is 9.47 Å². The van der Waals surface area contributed by atoms with Gasteiger partial charge in [-0.3, -0.25) is 0 Å². The quantitative estimate of drug-likeness (QED) is 0.619. The van der Waals surface area contributed by atoms with Gasteiger partial charge in [0.2, 0.25) is 0 Å². The van der Waals surface area contributed by atoms with Gasteiger partial charge in [-0.1, -0.05) is 0 Å². The summed E-state index contributed by atoms with van der Waals surface area (Å²) in [4.78, 5) is 15.1. The summed E-state index contributed by atoms with van der Waals surface area (Å²) >= 11 is 6.43. The van der Waals surface area contributed by atoms with Crippen molar-refractivity contribution in [3.05, 3.63) is 20.8 Å². The van der Waals surface area contributed by atoms with E-state index in [2.05, 4.69) is 41.6 Å². The number of esters is 1. The first-order chi connectivity index (χ1) is 6.60. The van der Waals surface area contributed by atoms with Crippen LogP contribution in [0.1, 0.15) is 10.5 Å². The molecule has 0 atom stereocenters. The molecule has 0 saturated carbocycles. The minimum Gasteiger partial charge on any atom is -0.493 e. The third-order valence-electron chi connectivity index (χ3n) is 1.48. The van der Waals surface area contributed by atoms with Crippen LogP contribution in [0.5, 0.6) is 5.75 Å². The molecule has 6 heteroatoms. The van der Waals surface area contributed by atoms with Crippen LogP contribution in [-0.2, 0) is 4.74 Å². The number of hydrogen-bond donors (Lipinski definition) is 0. The number of aromatic nitrogens is 1. The third kappa shape index (κ3) is 2.24. The van der Waals surface area contributed by atoms with Gasteiger partial charge in [0, 0.05) is 0 Å². The van der Waals surface area contributed by atoms with Crippen LogP contribution < -0.4 is 4.74 Å². The van der Waals surface area contributed by atoms with Crippen LogP contribution in [-0.4, -0.2) is 25.2 Å². The van der Waals surface area contributed by atoms with E-state index in [0.29, 0.717) is 14.8 Å². The van der Waals surface area contributed by atoms with Crippen LogP contribution in [0.25, 0.3) is 0 Å². The van der Waals surface area contributed by atoms with Crippen molar-refractivity contribution in [1.82, 2.24) is 4.98 Å². The lowest BCUT2D eigenvalue weighted by atomic mass is 10.3. The monoisotopic (exact) mass is 323 g/mol. The third-order valence-corrected chi connectivity index (χ3v) is 2.61. The molecule has 0 spiro atoms. The molecule has 14 heavy (non-hydrogen) atoms. The average molecular weight is 325 g/mol. The lowest BCUT2D eigenvalue weighted by molar-refractivity contribution is 0.0593. The first kappa shape index (κ1) is 11.5. The molecule has 1 heterocycles. The van der Waals surface area contributed by atoms with E-state index in [4.69, 9.17) is 4.74 Å². The summed E-state index contributed by atoms with van der Waals surface area (Å²) in [5.74, 6) is 0.0479. The molecular weight excluding hydrogens is 318 g/mol. The second-order valence-corrected chi connectivity index (χ2v) is 3.91. The highest BCUT2D eigenvalue weighted by atomic mass is 79.9. The molecule has 0 aromatic carbocycles. The minimum absolute atomic E-state index is 0.215. The zero-order chi connectivity index (χ0) is 10.7. The molecule has 0 bridgehead atoms. The summed E-state index contributed by atoms with van der Waals surface area (Å²) in [5.41, 5.74) is 0.215. The largest absolute Gasteiger partial charge is 0.493 e. The smallest absolute Gasteiger partial charge is 0.356 e. The summed E-state index contributed by atoms with van der Waals surface area (Å²) in [7, 11) is 2.82. The molecule has 0 saturated heterocycles. The summed E-state index contributed by atoms with van der Waals surface area (Å²) in [6.45, 7) is 0. The zero-order valence-electron chi connectivity index (χ0n) is 7.51. The predicted molar refractivity (Wildman–Crippen MR) is 57.5 cm³/mol. The maximum absolute atomic E-state index is 11.2. The molecule has 0 aliphatic heterocycles. The number of methoxy groups -OCH3 is 2. The van der Waals surface area contributed by atoms with Gasteiger partial charge in [-0.2, -0.15) is 0 Å². The molecule has 76 valence electrons. The molecule has 0 amide bonds. The number of hydrogen-bond acceptors (Lipinski definition) is 4. The highest BCUT2D eigenvalue weighted by Crippen LogP contribution is 2.32. The van der Waals surface area contributed by atoms with E-state index < -0.39 is 5.97 Å². The number of carbonyl (C=O) groups is 1. The summed E-state index contributed by atoms with van der Waals surface area (Å²) in [6, 6.07) is 1.54. The lowest BCUT2D eigenvalue weighted by Gasteiger charge is -2.06. The van der Waals surface area contributed by atoms with Crippen LogP contribution in [0.4, 0.5) is 0 Å². The maximum atomic E-state index is 11.2. The van der Waals surface area contributed by atoms with Gasteiger partial charge in [-0.25, -0.2) is 9.78 Å². The van der Waals surface area contributed by atoms with E-state index in [1.54, 1.807) is 0 Å². The Morgan fingerprint density at radius 1 is 1.43 bits per heavy atom. The van der Waals surface area contributed by atoms with Crippen molar-refractivity contribution >= 4 is 37.8 Å². The fourth-order valence-corrected chi connectivity index (χ4v) is 2.26. The predicted octanol–water partition coefficient (Wildman–Crippen LogP) is 2.40. The fraction of sp³-hybridized carbons (Fsp3) is 0.250. The van der Waals surface area contributed by atoms with Crippen molar-refractivity contribution in [2.24, 2.45) is 0 Å². The van der Waals surface area contributed by atoms with Gasteiger partial charge in [-0.15, -0.1) is 0 Å². The molecular formula is C8H7Br2NO3. The molecule has 0 unspecified atom stereocenters. The number of halogens is 2. The van der Waals surface area contributed by atoms with Crippen molar-refractivity contribution < 1.29 is 14.3 Å². The van der Waals surface area contributed by atoms with Gasteiger partial charge in [0.05, 0.1) is 18.7 Å². The second kappa shape index (κ2) is 4.75. The van der Waals surface area contributed by atoms with Crippen LogP contribution >= 0.6 is 31.9 Å². The van der Waals surface area contributed by atoms with Gasteiger partial charge >= 0.3 is 5.97 Å². The highest BCUT2D eigenvalue weighted by molar-refractivity contribution is 9.11. The van der Waals surface area contributed by atoms with Crippen molar-refractivity contribution in [3.63, 3.8) is 0 Å². The molecule has 1 rings (SSSR count). The summed E-state index contributed by atoms with van der Waals surface area (Å²) in [5, 5.41) is 0. The van der Waals surface area contributed by atoms with Crippen LogP contribution in [0.15, 0.2) is 15.1 Å². The molecule has 0 fully saturated rings. The molecule has 1 aromatic heterocycles. The minimum atomic E-state index is -0.492. The van der Waals surface area contributed by atoms with Gasteiger partial charge in [-0.05, 0) is 37.9 Å². The summed E-state index contributed by atoms with van der Waals surface area (Å²) in [6.07, 6.45) is 0. The molecule has 0 aliphatic carbocycles. The molecule has 0 radical (unpaired) electrons. The van der Waals surface area contributed by atoms with Crippen molar-refractivity contribution in [2.75, 3.05) is 14.2 Å². The Morgan fingerprint density at radius 3 is 2.50 bits per heavy atom. The Bertz CT molecular complexity index is 345. The van der Waals surface area contributed by atoms with Gasteiger partial charge in [0.25, 0.3) is 0 Å². The standard InChI is InChI=1S/C8H7Br2NO3/c1-13-6-4(9)3-5(8(12)14-2)11-7(6)10/h3H,1-2H3. The number of nitrogens with zero attached hydrogens (tertiary/aromatic N) is 1. The topological polar surface area (TPSA) is 48.4 Å². The van der Waals surface area contributed by atoms with E-state index in [9.17, 15) is 4.79 Å². The Morgan fingerprint density at radius 2 is 2.07 bits per heavy atom. The lowest BCUT2D eigenvalue weighted by Crippen LogP contribution is -2.05. The molecule has 0 aliphatic rings. The Balaban J connectivity index is 3.20. The first-order valence-corrected chi connectivity index (χ1v) is 5.17. The first-order valence-electron chi connectivity index (χ1n) is 3.58. The van der Waals surface area contributed by atoms with Crippen LogP contribution in [0, 0.1) is 0 Å². The van der Waals surface area contributed by atoms with E-state index in [1.807, 2.05) is 0 Å². The molecule has 0 N–H and O–H groups in total. The van der Waals surface area contributed by atoms with E-state index in [1.165, 1.54) is 20.3 Å². The zero-order valence-corrected chi connectivity index (χ0v) is 10.7. The van der Waals surface area contributed by atoms with Crippen molar-refractivity contribution in [3.8, 4) is 5.75 Å². The normalized spacial score (nSPS) is 9.71. The van der Waals surface area contributed by atoms with E-state index >= 15 is 0 Å². The van der Waals surface area contributed by atoms with Gasteiger partial charge in [0.1, 0.15) is 4.60 Å². The Hall–Kier alpha value is -0.620. The van der Waals surface area contributed by atoms with Crippen molar-refractivity contribution in [2.45, 2.75) is 0 Å². The second-order valence-electron chi connectivity index (χ2n) is 2.30. The van der Waals surface area contributed by atoms with Gasteiger partial charge in [0.15, 0.2) is 11.4 Å². The highest BCUT2D eigenvalue weighted by Gasteiger charge is 2.14. The van der Waals surface area contributed by atoms with Crippen molar-refractivity contribution in [1.29, 1.82) is 0 Å².